The van der Waals surface area contributed by atoms with E-state index in [9.17, 15) is 19.8 Å². The molecule has 1 aliphatic rings. The summed E-state index contributed by atoms with van der Waals surface area (Å²) in [6.07, 6.45) is -3.32. The van der Waals surface area contributed by atoms with E-state index in [1.807, 2.05) is 0 Å². The minimum Gasteiger partial charge on any atom is -0.459 e. The zero-order valence-corrected chi connectivity index (χ0v) is 10.8. The smallest absolute Gasteiger partial charge is 0.306 e. The first-order valence-electron chi connectivity index (χ1n) is 6.03. The average molecular weight is 260 g/mol. The fraction of sp³-hybridized carbons (Fsp3) is 0.833. The Balaban J connectivity index is 2.54. The lowest BCUT2D eigenvalue weighted by Crippen LogP contribution is -2.53. The molecule has 0 amide bonds. The minimum absolute atomic E-state index is 0.0178. The summed E-state index contributed by atoms with van der Waals surface area (Å²) < 4.78 is 10.3. The molecule has 1 fully saturated rings. The van der Waals surface area contributed by atoms with Gasteiger partial charge in [0.15, 0.2) is 6.29 Å². The zero-order valence-electron chi connectivity index (χ0n) is 10.8. The van der Waals surface area contributed by atoms with Crippen LogP contribution < -0.4 is 0 Å². The lowest BCUT2D eigenvalue weighted by molar-refractivity contribution is -0.265. The Hall–Kier alpha value is -0.980. The molecule has 0 aromatic carbocycles. The predicted molar refractivity (Wildman–Crippen MR) is 61.5 cm³/mol. The molecule has 0 aromatic heterocycles. The summed E-state index contributed by atoms with van der Waals surface area (Å²) in [4.78, 5) is 22.3. The number of aliphatic hydroxyl groups is 2. The summed E-state index contributed by atoms with van der Waals surface area (Å²) in [5.74, 6) is -1.01. The number of carbonyl (C=O) groups excluding carboxylic acids is 2. The van der Waals surface area contributed by atoms with E-state index < -0.39 is 36.5 Å². The highest BCUT2D eigenvalue weighted by atomic mass is 16.6. The van der Waals surface area contributed by atoms with Crippen molar-refractivity contribution in [3.05, 3.63) is 0 Å². The first kappa shape index (κ1) is 15.1. The lowest BCUT2D eigenvalue weighted by atomic mass is 9.91. The number of rotatable bonds is 4. The molecule has 0 radical (unpaired) electrons. The van der Waals surface area contributed by atoms with Gasteiger partial charge in [0.1, 0.15) is 18.0 Å². The van der Waals surface area contributed by atoms with E-state index in [1.54, 1.807) is 13.8 Å². The molecule has 6 heteroatoms. The number of ether oxygens (including phenoxy) is 2. The molecule has 0 spiro atoms. The molecular weight excluding hydrogens is 240 g/mol. The standard InChI is InChI=1S/C12H20O6/c1-6(13)4-5-9(14)18-11-7(2)10(15)12(16)17-8(11)3/h7-8,10-12,15-16H,4-5H2,1-3H3/t7-,8?,10?,11+,12-/m1/s1. The van der Waals surface area contributed by atoms with Gasteiger partial charge in [0, 0.05) is 12.3 Å². The molecule has 5 atom stereocenters. The first-order chi connectivity index (χ1) is 8.32. The van der Waals surface area contributed by atoms with E-state index in [0.717, 1.165) is 0 Å². The first-order valence-corrected chi connectivity index (χ1v) is 6.03. The molecule has 1 saturated heterocycles. The van der Waals surface area contributed by atoms with Gasteiger partial charge in [-0.05, 0) is 13.8 Å². The monoisotopic (exact) mass is 260 g/mol. The highest BCUT2D eigenvalue weighted by molar-refractivity contribution is 5.81. The van der Waals surface area contributed by atoms with Crippen molar-refractivity contribution in [3.8, 4) is 0 Å². The topological polar surface area (TPSA) is 93.1 Å². The summed E-state index contributed by atoms with van der Waals surface area (Å²) in [5, 5.41) is 19.0. The molecule has 2 N–H and O–H groups in total. The third-order valence-corrected chi connectivity index (χ3v) is 3.11. The van der Waals surface area contributed by atoms with Crippen molar-refractivity contribution in [2.24, 2.45) is 5.92 Å². The maximum Gasteiger partial charge on any atom is 0.306 e. The third kappa shape index (κ3) is 3.76. The second-order valence-electron chi connectivity index (χ2n) is 4.74. The number of Topliss-reactive ketones (excluding diaryl/α,β-unsaturated/α-hetero) is 1. The summed E-state index contributed by atoms with van der Waals surface area (Å²) in [6, 6.07) is 0. The number of esters is 1. The van der Waals surface area contributed by atoms with Crippen molar-refractivity contribution in [1.82, 2.24) is 0 Å². The molecule has 0 aromatic rings. The van der Waals surface area contributed by atoms with Crippen LogP contribution in [-0.4, -0.2) is 46.6 Å². The summed E-state index contributed by atoms with van der Waals surface area (Å²) in [5.41, 5.74) is 0. The van der Waals surface area contributed by atoms with Crippen molar-refractivity contribution in [3.63, 3.8) is 0 Å². The Bertz CT molecular complexity index is 316. The van der Waals surface area contributed by atoms with Gasteiger partial charge < -0.3 is 24.5 Å². The lowest BCUT2D eigenvalue weighted by Gasteiger charge is -2.39. The molecule has 18 heavy (non-hydrogen) atoms. The van der Waals surface area contributed by atoms with Gasteiger partial charge in [0.25, 0.3) is 0 Å². The second kappa shape index (κ2) is 6.26. The van der Waals surface area contributed by atoms with Crippen LogP contribution in [0.5, 0.6) is 0 Å². The quantitative estimate of drug-likeness (QED) is 0.691. The Morgan fingerprint density at radius 3 is 2.39 bits per heavy atom. The second-order valence-corrected chi connectivity index (χ2v) is 4.74. The van der Waals surface area contributed by atoms with Gasteiger partial charge in [0.2, 0.25) is 0 Å². The van der Waals surface area contributed by atoms with Crippen LogP contribution >= 0.6 is 0 Å². The Morgan fingerprint density at radius 2 is 1.83 bits per heavy atom. The molecule has 0 aliphatic carbocycles. The largest absolute Gasteiger partial charge is 0.459 e. The number of carbonyl (C=O) groups is 2. The molecular formula is C12H20O6. The fourth-order valence-corrected chi connectivity index (χ4v) is 1.95. The Morgan fingerprint density at radius 1 is 1.22 bits per heavy atom. The van der Waals surface area contributed by atoms with Gasteiger partial charge in [-0.15, -0.1) is 0 Å². The zero-order chi connectivity index (χ0) is 13.9. The van der Waals surface area contributed by atoms with E-state index in [1.165, 1.54) is 6.92 Å². The number of ketones is 1. The van der Waals surface area contributed by atoms with Crippen LogP contribution in [0.2, 0.25) is 0 Å². The maximum absolute atomic E-state index is 11.5. The SMILES string of the molecule is CC(=O)CCC(=O)O[C@@H]1C(C)O[C@@H](O)C(O)[C@H]1C. The van der Waals surface area contributed by atoms with Crippen molar-refractivity contribution in [2.75, 3.05) is 0 Å². The van der Waals surface area contributed by atoms with Crippen LogP contribution in [0.3, 0.4) is 0 Å². The van der Waals surface area contributed by atoms with Gasteiger partial charge >= 0.3 is 5.97 Å². The van der Waals surface area contributed by atoms with Crippen LogP contribution in [-0.2, 0) is 19.1 Å². The molecule has 1 aliphatic heterocycles. The molecule has 2 unspecified atom stereocenters. The minimum atomic E-state index is -1.26. The molecule has 104 valence electrons. The molecule has 1 heterocycles. The Labute approximate surface area is 106 Å². The Kier molecular flexibility index (Phi) is 5.25. The van der Waals surface area contributed by atoms with Crippen LogP contribution in [0.4, 0.5) is 0 Å². The van der Waals surface area contributed by atoms with Gasteiger partial charge in [-0.25, -0.2) is 0 Å². The summed E-state index contributed by atoms with van der Waals surface area (Å²) >= 11 is 0. The van der Waals surface area contributed by atoms with E-state index in [4.69, 9.17) is 9.47 Å². The normalized spacial score (nSPS) is 36.2. The van der Waals surface area contributed by atoms with Crippen LogP contribution in [0.1, 0.15) is 33.6 Å². The van der Waals surface area contributed by atoms with Crippen LogP contribution in [0.15, 0.2) is 0 Å². The van der Waals surface area contributed by atoms with E-state index in [0.29, 0.717) is 0 Å². The van der Waals surface area contributed by atoms with Gasteiger partial charge in [-0.2, -0.15) is 0 Å². The van der Waals surface area contributed by atoms with E-state index >= 15 is 0 Å². The predicted octanol–water partition coefficient (Wildman–Crippen LogP) is 0.00150. The summed E-state index contributed by atoms with van der Waals surface area (Å²) in [7, 11) is 0. The molecule has 0 saturated carbocycles. The molecule has 0 bridgehead atoms. The van der Waals surface area contributed by atoms with Crippen molar-refractivity contribution in [1.29, 1.82) is 0 Å². The third-order valence-electron chi connectivity index (χ3n) is 3.11. The van der Waals surface area contributed by atoms with Gasteiger partial charge in [0.05, 0.1) is 12.5 Å². The van der Waals surface area contributed by atoms with Crippen LogP contribution in [0, 0.1) is 5.92 Å². The van der Waals surface area contributed by atoms with E-state index in [-0.39, 0.29) is 18.6 Å². The maximum atomic E-state index is 11.5. The number of hydrogen-bond donors (Lipinski definition) is 2. The van der Waals surface area contributed by atoms with Gasteiger partial charge in [-0.3, -0.25) is 4.79 Å². The van der Waals surface area contributed by atoms with E-state index in [2.05, 4.69) is 0 Å². The molecule has 1 rings (SSSR count). The summed E-state index contributed by atoms with van der Waals surface area (Å²) in [6.45, 7) is 4.74. The number of aliphatic hydroxyl groups excluding tert-OH is 2. The average Bonchev–Trinajstić information content (AvgIpc) is 2.29. The highest BCUT2D eigenvalue weighted by Crippen LogP contribution is 2.27. The van der Waals surface area contributed by atoms with Crippen molar-refractivity contribution < 1.29 is 29.3 Å². The van der Waals surface area contributed by atoms with Crippen LogP contribution in [0.25, 0.3) is 0 Å². The number of hydrogen-bond acceptors (Lipinski definition) is 6. The highest BCUT2D eigenvalue weighted by Gasteiger charge is 2.42. The van der Waals surface area contributed by atoms with Crippen molar-refractivity contribution in [2.45, 2.75) is 58.2 Å². The molecule has 6 nitrogen and oxygen atoms in total. The van der Waals surface area contributed by atoms with Gasteiger partial charge in [-0.1, -0.05) is 6.92 Å². The fourth-order valence-electron chi connectivity index (χ4n) is 1.95. The van der Waals surface area contributed by atoms with Crippen molar-refractivity contribution >= 4 is 11.8 Å².